The van der Waals surface area contributed by atoms with E-state index < -0.39 is 5.91 Å². The highest BCUT2D eigenvalue weighted by Gasteiger charge is 2.31. The lowest BCUT2D eigenvalue weighted by atomic mass is 10.2. The monoisotopic (exact) mass is 416 g/mol. The lowest BCUT2D eigenvalue weighted by Crippen LogP contribution is -2.41. The number of nitrogens with zero attached hydrogens (tertiary/aromatic N) is 2. The summed E-state index contributed by atoms with van der Waals surface area (Å²) < 4.78 is 5.65. The Morgan fingerprint density at radius 1 is 1.25 bits per heavy atom. The first-order valence-electron chi connectivity index (χ1n) is 8.32. The van der Waals surface area contributed by atoms with Crippen LogP contribution in [0.4, 0.5) is 0 Å². The van der Waals surface area contributed by atoms with Crippen LogP contribution in [0, 0.1) is 0 Å². The quantitative estimate of drug-likeness (QED) is 0.422. The third-order valence-electron chi connectivity index (χ3n) is 3.73. The molecule has 1 saturated heterocycles. The zero-order valence-electron chi connectivity index (χ0n) is 14.6. The molecule has 0 radical (unpaired) electrons. The highest BCUT2D eigenvalue weighted by Crippen LogP contribution is 2.32. The first-order chi connectivity index (χ1) is 13.5. The number of amides is 3. The number of thioether (sulfide) groups is 1. The first kappa shape index (κ1) is 19.8. The van der Waals surface area contributed by atoms with Gasteiger partial charge >= 0.3 is 0 Å². The maximum Gasteiger partial charge on any atom is 0.269 e. The molecule has 2 N–H and O–H groups in total. The van der Waals surface area contributed by atoms with Crippen LogP contribution in [-0.2, 0) is 9.59 Å². The van der Waals surface area contributed by atoms with Crippen LogP contribution in [0.5, 0.6) is 0 Å². The fourth-order valence-corrected chi connectivity index (χ4v) is 3.65. The first-order valence-corrected chi connectivity index (χ1v) is 9.55. The van der Waals surface area contributed by atoms with Crippen LogP contribution in [0.15, 0.2) is 52.2 Å². The molecule has 0 unspecified atom stereocenters. The van der Waals surface area contributed by atoms with Gasteiger partial charge in [0.2, 0.25) is 5.91 Å². The minimum atomic E-state index is -0.434. The summed E-state index contributed by atoms with van der Waals surface area (Å²) >= 11 is 6.44. The number of aromatic nitrogens is 1. The van der Waals surface area contributed by atoms with E-state index in [0.717, 1.165) is 0 Å². The predicted molar refractivity (Wildman–Crippen MR) is 108 cm³/mol. The number of hydrogen-bond acceptors (Lipinski definition) is 7. The summed E-state index contributed by atoms with van der Waals surface area (Å²) in [6, 6.07) is 6.55. The van der Waals surface area contributed by atoms with Gasteiger partial charge in [0, 0.05) is 37.0 Å². The summed E-state index contributed by atoms with van der Waals surface area (Å²) in [6.07, 6.45) is 6.67. The molecule has 144 valence electrons. The molecule has 28 heavy (non-hydrogen) atoms. The normalized spacial score (nSPS) is 15.1. The van der Waals surface area contributed by atoms with Crippen molar-refractivity contribution in [2.45, 2.75) is 12.8 Å². The van der Waals surface area contributed by atoms with Crippen LogP contribution < -0.4 is 10.9 Å². The molecule has 2 aromatic rings. The fourth-order valence-electron chi connectivity index (χ4n) is 2.36. The van der Waals surface area contributed by atoms with E-state index in [1.54, 1.807) is 18.2 Å². The van der Waals surface area contributed by atoms with Gasteiger partial charge in [0.1, 0.15) is 10.1 Å². The van der Waals surface area contributed by atoms with Crippen molar-refractivity contribution >= 4 is 52.1 Å². The van der Waals surface area contributed by atoms with Gasteiger partial charge in [-0.2, -0.15) is 0 Å². The number of furan rings is 1. The van der Waals surface area contributed by atoms with E-state index in [0.29, 0.717) is 33.5 Å². The molecule has 3 heterocycles. The molecule has 0 aliphatic carbocycles. The van der Waals surface area contributed by atoms with Crippen LogP contribution in [0.3, 0.4) is 0 Å². The molecular weight excluding hydrogens is 400 g/mol. The van der Waals surface area contributed by atoms with Gasteiger partial charge in [-0.1, -0.05) is 24.0 Å². The molecule has 8 nitrogen and oxygen atoms in total. The molecule has 10 heteroatoms. The molecule has 0 spiro atoms. The Morgan fingerprint density at radius 3 is 2.75 bits per heavy atom. The standard InChI is InChI=1S/C18H16N4O4S2/c23-15(20-21-16(24)12-5-7-19-8-6-12)4-1-9-22-17(25)14(28-18(22)27)11-13-3-2-10-26-13/h2-3,5-8,10-11H,1,4,9H2,(H,20,23)(H,21,24). The predicted octanol–water partition coefficient (Wildman–Crippen LogP) is 2.12. The third-order valence-corrected chi connectivity index (χ3v) is 5.11. The second-order valence-corrected chi connectivity index (χ2v) is 7.37. The van der Waals surface area contributed by atoms with Gasteiger partial charge in [0.25, 0.3) is 11.8 Å². The number of carbonyl (C=O) groups excluding carboxylic acids is 3. The zero-order valence-corrected chi connectivity index (χ0v) is 16.2. The van der Waals surface area contributed by atoms with Gasteiger partial charge in [-0.05, 0) is 30.7 Å². The average Bonchev–Trinajstić information content (AvgIpc) is 3.30. The largest absolute Gasteiger partial charge is 0.465 e. The lowest BCUT2D eigenvalue weighted by Gasteiger charge is -2.14. The molecule has 2 aromatic heterocycles. The Hall–Kier alpha value is -2.98. The van der Waals surface area contributed by atoms with Crippen LogP contribution in [0.2, 0.25) is 0 Å². The molecule has 0 bridgehead atoms. The van der Waals surface area contributed by atoms with Crippen molar-refractivity contribution in [2.75, 3.05) is 6.54 Å². The van der Waals surface area contributed by atoms with Crippen molar-refractivity contribution in [3.8, 4) is 0 Å². The lowest BCUT2D eigenvalue weighted by molar-refractivity contribution is -0.124. The van der Waals surface area contributed by atoms with Gasteiger partial charge in [-0.25, -0.2) is 0 Å². The molecule has 1 aliphatic heterocycles. The Morgan fingerprint density at radius 2 is 2.04 bits per heavy atom. The SMILES string of the molecule is O=C(CCCN1C(=O)C(=Cc2ccco2)SC1=S)NNC(=O)c1ccncc1. The summed E-state index contributed by atoms with van der Waals surface area (Å²) in [7, 11) is 0. The van der Waals surface area contributed by atoms with E-state index in [9.17, 15) is 14.4 Å². The number of thiocarbonyl (C=S) groups is 1. The van der Waals surface area contributed by atoms with Gasteiger partial charge in [0.15, 0.2) is 0 Å². The summed E-state index contributed by atoms with van der Waals surface area (Å²) in [5, 5.41) is 0. The van der Waals surface area contributed by atoms with Gasteiger partial charge in [-0.3, -0.25) is 35.1 Å². The number of pyridine rings is 1. The van der Waals surface area contributed by atoms with Crippen molar-refractivity contribution in [3.05, 3.63) is 59.2 Å². The van der Waals surface area contributed by atoms with Crippen LogP contribution in [0.1, 0.15) is 29.0 Å². The fraction of sp³-hybridized carbons (Fsp3) is 0.167. The summed E-state index contributed by atoms with van der Waals surface area (Å²) in [6.45, 7) is 0.311. The molecule has 0 saturated carbocycles. The Bertz CT molecular complexity index is 913. The van der Waals surface area contributed by atoms with E-state index in [-0.39, 0.29) is 18.2 Å². The minimum absolute atomic E-state index is 0.130. The molecule has 3 rings (SSSR count). The molecule has 3 amide bonds. The topological polar surface area (TPSA) is 105 Å². The minimum Gasteiger partial charge on any atom is -0.465 e. The highest BCUT2D eigenvalue weighted by molar-refractivity contribution is 8.26. The second-order valence-electron chi connectivity index (χ2n) is 5.69. The highest BCUT2D eigenvalue weighted by atomic mass is 32.2. The third kappa shape index (κ3) is 5.05. The van der Waals surface area contributed by atoms with Gasteiger partial charge in [0.05, 0.1) is 11.2 Å². The number of nitrogens with one attached hydrogen (secondary N) is 2. The Balaban J connectivity index is 1.43. The van der Waals surface area contributed by atoms with E-state index in [2.05, 4.69) is 15.8 Å². The maximum atomic E-state index is 12.4. The van der Waals surface area contributed by atoms with Gasteiger partial charge in [-0.15, -0.1) is 0 Å². The molecule has 1 fully saturated rings. The van der Waals surface area contributed by atoms with E-state index in [1.807, 2.05) is 0 Å². The average molecular weight is 416 g/mol. The van der Waals surface area contributed by atoms with Crippen LogP contribution in [0.25, 0.3) is 6.08 Å². The second kappa shape index (κ2) is 9.29. The van der Waals surface area contributed by atoms with Crippen LogP contribution in [-0.4, -0.2) is 38.5 Å². The summed E-state index contributed by atoms with van der Waals surface area (Å²) in [4.78, 5) is 41.9. The molecular formula is C18H16N4O4S2. The van der Waals surface area contributed by atoms with Crippen molar-refractivity contribution < 1.29 is 18.8 Å². The van der Waals surface area contributed by atoms with E-state index in [1.165, 1.54) is 47.5 Å². The smallest absolute Gasteiger partial charge is 0.269 e. The van der Waals surface area contributed by atoms with Crippen molar-refractivity contribution in [1.82, 2.24) is 20.7 Å². The maximum absolute atomic E-state index is 12.4. The number of hydrogen-bond donors (Lipinski definition) is 2. The summed E-state index contributed by atoms with van der Waals surface area (Å²) in [5.74, 6) is -0.433. The van der Waals surface area contributed by atoms with Gasteiger partial charge < -0.3 is 4.42 Å². The summed E-state index contributed by atoms with van der Waals surface area (Å²) in [5.41, 5.74) is 5.06. The van der Waals surface area contributed by atoms with Crippen LogP contribution >= 0.6 is 24.0 Å². The molecule has 0 aromatic carbocycles. The number of hydrazine groups is 1. The van der Waals surface area contributed by atoms with E-state index >= 15 is 0 Å². The Labute approximate surface area is 170 Å². The number of carbonyl (C=O) groups is 3. The van der Waals surface area contributed by atoms with Crippen molar-refractivity contribution in [1.29, 1.82) is 0 Å². The molecule has 0 atom stereocenters. The van der Waals surface area contributed by atoms with E-state index in [4.69, 9.17) is 16.6 Å². The van der Waals surface area contributed by atoms with Crippen molar-refractivity contribution in [2.24, 2.45) is 0 Å². The molecule has 1 aliphatic rings. The number of rotatable bonds is 6. The van der Waals surface area contributed by atoms with Crippen molar-refractivity contribution in [3.63, 3.8) is 0 Å². The zero-order chi connectivity index (χ0) is 19.9. The Kier molecular flexibility index (Phi) is 6.56.